The maximum atomic E-state index is 14.3. The van der Waals surface area contributed by atoms with Gasteiger partial charge >= 0.3 is 5.54 Å². The van der Waals surface area contributed by atoms with Gasteiger partial charge in [-0.1, -0.05) is 91.7 Å². The fourth-order valence-corrected chi connectivity index (χ4v) is 6.55. The molecule has 6 nitrogen and oxygen atoms in total. The molecule has 0 N–H and O–H groups in total. The number of nitriles is 2. The molecule has 1 saturated heterocycles. The molecular formula is C31H27N5O. The van der Waals surface area contributed by atoms with Crippen molar-refractivity contribution in [2.75, 3.05) is 4.90 Å². The smallest absolute Gasteiger partial charge is 0.279 e. The lowest BCUT2D eigenvalue weighted by atomic mass is 9.85. The Morgan fingerprint density at radius 3 is 1.97 bits per heavy atom. The number of hydrazone groups is 1. The van der Waals surface area contributed by atoms with Gasteiger partial charge in [0, 0.05) is 23.1 Å². The van der Waals surface area contributed by atoms with E-state index in [1.54, 1.807) is 4.90 Å². The van der Waals surface area contributed by atoms with Crippen LogP contribution in [0.1, 0.15) is 36.1 Å². The Balaban J connectivity index is 1.72. The van der Waals surface area contributed by atoms with E-state index >= 15 is 0 Å². The molecule has 2 heterocycles. The second-order valence-corrected chi connectivity index (χ2v) is 10.9. The molecule has 3 aromatic rings. The minimum absolute atomic E-state index is 0.0277. The first kappa shape index (κ1) is 23.0. The van der Waals surface area contributed by atoms with E-state index in [0.717, 1.165) is 28.0 Å². The normalized spacial score (nSPS) is 26.4. The summed E-state index contributed by atoms with van der Waals surface area (Å²) in [6.07, 6.45) is 0. The van der Waals surface area contributed by atoms with Crippen LogP contribution < -0.4 is 4.90 Å². The van der Waals surface area contributed by atoms with E-state index in [0.29, 0.717) is 5.69 Å². The number of rotatable bonds is 3. The van der Waals surface area contributed by atoms with Crippen LogP contribution >= 0.6 is 0 Å². The van der Waals surface area contributed by atoms with E-state index in [1.807, 2.05) is 92.7 Å². The molecule has 3 aromatic carbocycles. The van der Waals surface area contributed by atoms with E-state index < -0.39 is 17.1 Å². The number of carbonyl (C=O) groups is 1. The third kappa shape index (κ3) is 2.79. The Kier molecular flexibility index (Phi) is 4.69. The molecule has 2 aliphatic heterocycles. The lowest BCUT2D eigenvalue weighted by Crippen LogP contribution is -2.57. The van der Waals surface area contributed by atoms with E-state index in [4.69, 9.17) is 5.10 Å². The fourth-order valence-electron chi connectivity index (χ4n) is 6.55. The highest BCUT2D eigenvalue weighted by atomic mass is 16.2. The molecule has 1 aliphatic carbocycles. The molecule has 3 aliphatic rings. The average Bonchev–Trinajstić information content (AvgIpc) is 3.41. The maximum absolute atomic E-state index is 14.3. The van der Waals surface area contributed by atoms with Crippen molar-refractivity contribution < 1.29 is 4.79 Å². The number of anilines is 1. The summed E-state index contributed by atoms with van der Waals surface area (Å²) in [6, 6.07) is 29.7. The zero-order valence-electron chi connectivity index (χ0n) is 21.3. The summed E-state index contributed by atoms with van der Waals surface area (Å²) in [6.45, 7) is 8.43. The van der Waals surface area contributed by atoms with E-state index in [9.17, 15) is 15.3 Å². The van der Waals surface area contributed by atoms with Gasteiger partial charge in [-0.2, -0.15) is 15.6 Å². The van der Waals surface area contributed by atoms with Gasteiger partial charge in [0.05, 0.1) is 5.71 Å². The topological polar surface area (TPSA) is 83.5 Å². The molecule has 6 rings (SSSR count). The lowest BCUT2D eigenvalue weighted by Gasteiger charge is -2.46. The Bertz CT molecular complexity index is 1510. The highest BCUT2D eigenvalue weighted by Gasteiger charge is 2.82. The molecule has 2 fully saturated rings. The van der Waals surface area contributed by atoms with Crippen molar-refractivity contribution in [3.8, 4) is 12.1 Å². The number of hydrogen-bond acceptors (Lipinski definition) is 5. The summed E-state index contributed by atoms with van der Waals surface area (Å²) >= 11 is 0. The number of amides is 1. The molecule has 1 saturated carbocycles. The third-order valence-electron chi connectivity index (χ3n) is 8.42. The van der Waals surface area contributed by atoms with Crippen molar-refractivity contribution in [3.05, 3.63) is 101 Å². The van der Waals surface area contributed by atoms with Gasteiger partial charge in [0.25, 0.3) is 5.91 Å². The van der Waals surface area contributed by atoms with Gasteiger partial charge in [0.1, 0.15) is 12.1 Å². The molecule has 0 spiro atoms. The van der Waals surface area contributed by atoms with Crippen LogP contribution in [0.25, 0.3) is 0 Å². The number of nitrogens with zero attached hydrogens (tertiary/aromatic N) is 5. The molecule has 37 heavy (non-hydrogen) atoms. The quantitative estimate of drug-likeness (QED) is 0.505. The lowest BCUT2D eigenvalue weighted by molar-refractivity contribution is -0.120. The van der Waals surface area contributed by atoms with Crippen LogP contribution in [-0.4, -0.2) is 22.2 Å². The summed E-state index contributed by atoms with van der Waals surface area (Å²) in [5.41, 5.74) is 1.96. The summed E-state index contributed by atoms with van der Waals surface area (Å²) < 4.78 is 0. The Labute approximate surface area is 217 Å². The van der Waals surface area contributed by atoms with Crippen LogP contribution in [0.3, 0.4) is 0 Å². The minimum atomic E-state index is -2.11. The number of para-hydroxylation sites is 1. The van der Waals surface area contributed by atoms with Crippen molar-refractivity contribution in [1.82, 2.24) is 5.01 Å². The number of aryl methyl sites for hydroxylation is 2. The second-order valence-electron chi connectivity index (χ2n) is 10.9. The van der Waals surface area contributed by atoms with Crippen molar-refractivity contribution in [2.45, 2.75) is 38.9 Å². The minimum Gasteiger partial charge on any atom is -0.279 e. The molecule has 182 valence electrons. The molecule has 0 radical (unpaired) electrons. The predicted octanol–water partition coefficient (Wildman–Crippen LogP) is 5.28. The monoisotopic (exact) mass is 485 g/mol. The van der Waals surface area contributed by atoms with Crippen LogP contribution in [-0.2, 0) is 10.5 Å². The largest absolute Gasteiger partial charge is 0.310 e. The van der Waals surface area contributed by atoms with Crippen LogP contribution in [0, 0.1) is 53.8 Å². The number of hydrogen-bond donors (Lipinski definition) is 0. The summed E-state index contributed by atoms with van der Waals surface area (Å²) in [5.74, 6) is -0.649. The highest BCUT2D eigenvalue weighted by Crippen LogP contribution is 2.73. The Morgan fingerprint density at radius 2 is 1.41 bits per heavy atom. The summed E-state index contributed by atoms with van der Waals surface area (Å²) in [7, 11) is 0. The molecule has 1 unspecified atom stereocenters. The Hall–Kier alpha value is -4.42. The van der Waals surface area contributed by atoms with Crippen LogP contribution in [0.4, 0.5) is 5.69 Å². The maximum Gasteiger partial charge on any atom is 0.310 e. The molecule has 0 aromatic heterocycles. The number of carbonyl (C=O) groups excluding carboxylic acids is 1. The highest BCUT2D eigenvalue weighted by molar-refractivity contribution is 6.12. The molecule has 0 bridgehead atoms. The fraction of sp³-hybridized carbons (Fsp3) is 0.290. The van der Waals surface area contributed by atoms with Crippen molar-refractivity contribution in [3.63, 3.8) is 0 Å². The van der Waals surface area contributed by atoms with Crippen LogP contribution in [0.5, 0.6) is 0 Å². The first-order valence-corrected chi connectivity index (χ1v) is 12.5. The van der Waals surface area contributed by atoms with Crippen molar-refractivity contribution in [1.29, 1.82) is 10.5 Å². The first-order valence-electron chi connectivity index (χ1n) is 12.5. The van der Waals surface area contributed by atoms with Crippen LogP contribution in [0.2, 0.25) is 0 Å². The zero-order chi connectivity index (χ0) is 26.2. The number of fused-ring (bicyclic) bond motifs is 3. The summed E-state index contributed by atoms with van der Waals surface area (Å²) in [4.78, 5) is 16.0. The van der Waals surface area contributed by atoms with Crippen molar-refractivity contribution in [2.24, 2.45) is 22.4 Å². The second kappa shape index (κ2) is 7.54. The van der Waals surface area contributed by atoms with Gasteiger partial charge in [-0.05, 0) is 37.0 Å². The van der Waals surface area contributed by atoms with Gasteiger partial charge in [0.15, 0.2) is 5.66 Å². The third-order valence-corrected chi connectivity index (χ3v) is 8.42. The van der Waals surface area contributed by atoms with Gasteiger partial charge in [-0.25, -0.2) is 5.01 Å². The van der Waals surface area contributed by atoms with E-state index in [-0.39, 0.29) is 17.3 Å². The van der Waals surface area contributed by atoms with E-state index in [2.05, 4.69) is 26.0 Å². The SMILES string of the molecule is Cc1ccc(C2=NN3C(C#N)(C#N)C(=O)N(c4ccccc4)C3(c3ccc(C)cc3)[C@H]3[C@@H]2C3(C)C)cc1. The molecule has 6 heteroatoms. The zero-order valence-corrected chi connectivity index (χ0v) is 21.3. The van der Waals surface area contributed by atoms with Gasteiger partial charge in [0.2, 0.25) is 0 Å². The first-order chi connectivity index (χ1) is 17.7. The molecular weight excluding hydrogens is 458 g/mol. The van der Waals surface area contributed by atoms with Crippen molar-refractivity contribution >= 4 is 17.3 Å². The Morgan fingerprint density at radius 1 is 0.838 bits per heavy atom. The standard InChI is InChI=1S/C31H27N5O/c1-20-10-14-22(15-11-20)26-25-27(29(25,3)4)31(23-16-12-21(2)13-17-23)35(24-8-6-5-7-9-24)28(37)30(18-32,19-33)36(31)34-26/h5-17,25,27H,1-4H3/t25-,27+,31?/m1/s1. The number of benzene rings is 3. The molecule has 3 atom stereocenters. The van der Waals surface area contributed by atoms with Gasteiger partial charge in [-0.3, -0.25) is 9.69 Å². The predicted molar refractivity (Wildman–Crippen MR) is 141 cm³/mol. The van der Waals surface area contributed by atoms with Gasteiger partial charge in [-0.15, -0.1) is 0 Å². The average molecular weight is 486 g/mol. The summed E-state index contributed by atoms with van der Waals surface area (Å²) in [5, 5.41) is 27.6. The van der Waals surface area contributed by atoms with Gasteiger partial charge < -0.3 is 0 Å². The van der Waals surface area contributed by atoms with E-state index in [1.165, 1.54) is 5.01 Å². The molecule has 1 amide bonds. The van der Waals surface area contributed by atoms with Crippen LogP contribution in [0.15, 0.2) is 84.0 Å².